The molecule has 33 heavy (non-hydrogen) atoms. The van der Waals surface area contributed by atoms with E-state index >= 15 is 0 Å². The Morgan fingerprint density at radius 2 is 1.39 bits per heavy atom. The van der Waals surface area contributed by atoms with Gasteiger partial charge in [0.1, 0.15) is 12.6 Å². The van der Waals surface area contributed by atoms with Gasteiger partial charge in [-0.3, -0.25) is 4.79 Å². The zero-order chi connectivity index (χ0) is 23.4. The second-order valence-electron chi connectivity index (χ2n) is 7.88. The van der Waals surface area contributed by atoms with Gasteiger partial charge >= 0.3 is 12.1 Å². The number of hydrogen-bond donors (Lipinski definition) is 3. The Kier molecular flexibility index (Phi) is 6.40. The van der Waals surface area contributed by atoms with E-state index in [0.29, 0.717) is 5.56 Å². The topological polar surface area (TPSA) is 105 Å². The maximum atomic E-state index is 12.5. The maximum Gasteiger partial charge on any atom is 0.407 e. The van der Waals surface area contributed by atoms with Crippen molar-refractivity contribution in [3.8, 4) is 11.1 Å². The van der Waals surface area contributed by atoms with Gasteiger partial charge in [0.15, 0.2) is 6.04 Å². The number of carboxylic acid groups (broad SMARTS) is 1. The number of amides is 2. The minimum Gasteiger partial charge on any atom is -0.479 e. The van der Waals surface area contributed by atoms with Crippen LogP contribution in [-0.4, -0.2) is 35.7 Å². The first kappa shape index (κ1) is 22.1. The molecule has 0 saturated heterocycles. The molecule has 0 aliphatic heterocycles. The van der Waals surface area contributed by atoms with Crippen molar-refractivity contribution in [1.82, 2.24) is 10.6 Å². The van der Waals surface area contributed by atoms with Crippen LogP contribution >= 0.6 is 0 Å². The summed E-state index contributed by atoms with van der Waals surface area (Å²) in [5, 5.41) is 14.4. The van der Waals surface area contributed by atoms with E-state index in [0.717, 1.165) is 22.3 Å². The third-order valence-electron chi connectivity index (χ3n) is 5.74. The molecule has 7 heteroatoms. The number of nitrogens with one attached hydrogen (secondary N) is 2. The van der Waals surface area contributed by atoms with Crippen LogP contribution in [0.25, 0.3) is 11.1 Å². The third-order valence-corrected chi connectivity index (χ3v) is 5.74. The molecule has 7 nitrogen and oxygen atoms in total. The molecule has 2 atom stereocenters. The molecular weight excluding hydrogens is 420 g/mol. The normalized spacial score (nSPS) is 13.8. The number of hydrogen-bond acceptors (Lipinski definition) is 4. The molecule has 3 N–H and O–H groups in total. The van der Waals surface area contributed by atoms with Crippen LogP contribution in [0.2, 0.25) is 0 Å². The van der Waals surface area contributed by atoms with Gasteiger partial charge in [0.2, 0.25) is 5.91 Å². The van der Waals surface area contributed by atoms with Gasteiger partial charge in [0.25, 0.3) is 0 Å². The van der Waals surface area contributed by atoms with E-state index in [4.69, 9.17) is 4.74 Å². The lowest BCUT2D eigenvalue weighted by Crippen LogP contribution is -2.47. The van der Waals surface area contributed by atoms with Crippen molar-refractivity contribution in [3.63, 3.8) is 0 Å². The lowest BCUT2D eigenvalue weighted by Gasteiger charge is -2.20. The van der Waals surface area contributed by atoms with Crippen LogP contribution in [0, 0.1) is 0 Å². The molecule has 0 radical (unpaired) electrons. The smallest absolute Gasteiger partial charge is 0.407 e. The fourth-order valence-electron chi connectivity index (χ4n) is 4.08. The summed E-state index contributed by atoms with van der Waals surface area (Å²) in [5.74, 6) is -1.91. The molecule has 3 aromatic rings. The predicted octanol–water partition coefficient (Wildman–Crippen LogP) is 3.86. The minimum absolute atomic E-state index is 0.0956. The highest BCUT2D eigenvalue weighted by molar-refractivity contribution is 5.89. The van der Waals surface area contributed by atoms with Crippen LogP contribution in [-0.2, 0) is 14.3 Å². The largest absolute Gasteiger partial charge is 0.479 e. The van der Waals surface area contributed by atoms with Gasteiger partial charge in [0, 0.05) is 5.92 Å². The zero-order valence-electron chi connectivity index (χ0n) is 18.0. The summed E-state index contributed by atoms with van der Waals surface area (Å²) in [4.78, 5) is 36.5. The van der Waals surface area contributed by atoms with E-state index in [1.807, 2.05) is 48.5 Å². The Hall–Kier alpha value is -4.13. The Morgan fingerprint density at radius 1 is 0.848 bits per heavy atom. The van der Waals surface area contributed by atoms with Crippen LogP contribution in [0.15, 0.2) is 78.9 Å². The molecule has 168 valence electrons. The first-order chi connectivity index (χ1) is 16.0. The van der Waals surface area contributed by atoms with Crippen LogP contribution in [0.4, 0.5) is 4.79 Å². The van der Waals surface area contributed by atoms with Crippen molar-refractivity contribution in [2.75, 3.05) is 6.61 Å². The lowest BCUT2D eigenvalue weighted by molar-refractivity contribution is -0.142. The first-order valence-electron chi connectivity index (χ1n) is 10.7. The zero-order valence-corrected chi connectivity index (χ0v) is 18.0. The van der Waals surface area contributed by atoms with Crippen molar-refractivity contribution < 1.29 is 24.2 Å². The molecule has 0 bridgehead atoms. The van der Waals surface area contributed by atoms with Crippen molar-refractivity contribution in [2.45, 2.75) is 24.9 Å². The van der Waals surface area contributed by atoms with E-state index in [9.17, 15) is 19.5 Å². The number of carbonyl (C=O) groups excluding carboxylic acids is 2. The minimum atomic E-state index is -1.22. The highest BCUT2D eigenvalue weighted by Crippen LogP contribution is 2.44. The molecule has 0 unspecified atom stereocenters. The molecule has 0 spiro atoms. The molecule has 3 aromatic carbocycles. The van der Waals surface area contributed by atoms with E-state index < -0.39 is 30.1 Å². The van der Waals surface area contributed by atoms with Crippen LogP contribution in [0.5, 0.6) is 0 Å². The standard InChI is InChI=1S/C26H24N2O5/c1-16(24(29)28-23(25(30)31)17-9-3-2-4-10-17)27-26(32)33-15-22-20-13-7-5-11-18(20)19-12-6-8-14-21(19)22/h2-14,16,22-23H,15H2,1H3,(H,27,32)(H,28,29)(H,30,31)/t16-,23+/m1/s1. The van der Waals surface area contributed by atoms with Gasteiger partial charge < -0.3 is 20.5 Å². The third kappa shape index (κ3) is 4.72. The van der Waals surface area contributed by atoms with E-state index in [1.54, 1.807) is 30.3 Å². The Balaban J connectivity index is 1.36. The van der Waals surface area contributed by atoms with Crippen LogP contribution < -0.4 is 10.6 Å². The van der Waals surface area contributed by atoms with E-state index in [2.05, 4.69) is 10.6 Å². The Bertz CT molecular complexity index is 1130. The summed E-state index contributed by atoms with van der Waals surface area (Å²) in [6.45, 7) is 1.59. The van der Waals surface area contributed by atoms with Gasteiger partial charge in [-0.2, -0.15) is 0 Å². The number of carboxylic acids is 1. The maximum absolute atomic E-state index is 12.5. The van der Waals surface area contributed by atoms with E-state index in [-0.39, 0.29) is 12.5 Å². The SMILES string of the molecule is C[C@@H](NC(=O)OCC1c2ccccc2-c2ccccc21)C(=O)N[C@H](C(=O)O)c1ccccc1. The Morgan fingerprint density at radius 3 is 1.97 bits per heavy atom. The fraction of sp³-hybridized carbons (Fsp3) is 0.192. The number of alkyl carbamates (subject to hydrolysis) is 1. The number of fused-ring (bicyclic) bond motifs is 3. The van der Waals surface area contributed by atoms with Crippen molar-refractivity contribution in [2.24, 2.45) is 0 Å². The summed E-state index contributed by atoms with van der Waals surface area (Å²) in [7, 11) is 0. The molecule has 0 aromatic heterocycles. The van der Waals surface area contributed by atoms with Gasteiger partial charge in [-0.25, -0.2) is 9.59 Å². The molecule has 0 fully saturated rings. The summed E-state index contributed by atoms with van der Waals surface area (Å²) >= 11 is 0. The number of aliphatic carboxylic acids is 1. The summed E-state index contributed by atoms with van der Waals surface area (Å²) in [6, 6.07) is 22.2. The molecule has 2 amide bonds. The summed E-state index contributed by atoms with van der Waals surface area (Å²) in [6.07, 6.45) is -0.744. The second kappa shape index (κ2) is 9.56. The predicted molar refractivity (Wildman–Crippen MR) is 123 cm³/mol. The monoisotopic (exact) mass is 444 g/mol. The molecule has 0 heterocycles. The highest BCUT2D eigenvalue weighted by atomic mass is 16.5. The average Bonchev–Trinajstić information content (AvgIpc) is 3.15. The number of carbonyl (C=O) groups is 3. The van der Waals surface area contributed by atoms with Gasteiger partial charge in [-0.05, 0) is 34.7 Å². The highest BCUT2D eigenvalue weighted by Gasteiger charge is 2.30. The fourth-order valence-corrected chi connectivity index (χ4v) is 4.08. The van der Waals surface area contributed by atoms with Crippen LogP contribution in [0.3, 0.4) is 0 Å². The van der Waals surface area contributed by atoms with Gasteiger partial charge in [0.05, 0.1) is 0 Å². The number of ether oxygens (including phenoxy) is 1. The van der Waals surface area contributed by atoms with Crippen LogP contribution in [0.1, 0.15) is 35.6 Å². The molecule has 4 rings (SSSR count). The van der Waals surface area contributed by atoms with Gasteiger partial charge in [-0.15, -0.1) is 0 Å². The number of benzene rings is 3. The molecular formula is C26H24N2O5. The summed E-state index contributed by atoms with van der Waals surface area (Å²) in [5.41, 5.74) is 4.85. The molecule has 1 aliphatic carbocycles. The Labute approximate surface area is 191 Å². The van der Waals surface area contributed by atoms with E-state index in [1.165, 1.54) is 6.92 Å². The van der Waals surface area contributed by atoms with Crippen molar-refractivity contribution >= 4 is 18.0 Å². The average molecular weight is 444 g/mol. The molecule has 0 saturated carbocycles. The lowest BCUT2D eigenvalue weighted by atomic mass is 9.98. The first-order valence-corrected chi connectivity index (χ1v) is 10.7. The van der Waals surface area contributed by atoms with Crippen molar-refractivity contribution in [1.29, 1.82) is 0 Å². The number of rotatable bonds is 7. The quantitative estimate of drug-likeness (QED) is 0.513. The van der Waals surface area contributed by atoms with Crippen molar-refractivity contribution in [3.05, 3.63) is 95.6 Å². The molecule has 1 aliphatic rings. The second-order valence-corrected chi connectivity index (χ2v) is 7.88. The summed E-state index contributed by atoms with van der Waals surface area (Å²) < 4.78 is 5.45. The van der Waals surface area contributed by atoms with Gasteiger partial charge in [-0.1, -0.05) is 78.9 Å².